The van der Waals surface area contributed by atoms with Crippen LogP contribution in [0, 0.1) is 11.3 Å². The summed E-state index contributed by atoms with van der Waals surface area (Å²) < 4.78 is 24.4. The van der Waals surface area contributed by atoms with Gasteiger partial charge in [-0.25, -0.2) is 8.42 Å². The summed E-state index contributed by atoms with van der Waals surface area (Å²) in [5.41, 5.74) is 1.06. The van der Waals surface area contributed by atoms with Crippen molar-refractivity contribution in [2.75, 3.05) is 14.1 Å². The van der Waals surface area contributed by atoms with E-state index >= 15 is 0 Å². The fraction of sp³-hybridized carbons (Fsp3) is 0.308. The highest BCUT2D eigenvalue weighted by Gasteiger charge is 2.20. The average molecular weight is 264 g/mol. The number of aryl methyl sites for hydroxylation is 1. The van der Waals surface area contributed by atoms with Gasteiger partial charge in [-0.05, 0) is 24.1 Å². The third-order valence-corrected chi connectivity index (χ3v) is 4.09. The second-order valence-electron chi connectivity index (χ2n) is 4.07. The van der Waals surface area contributed by atoms with Crippen molar-refractivity contribution in [3.05, 3.63) is 40.9 Å². The van der Waals surface area contributed by atoms with Gasteiger partial charge in [0.05, 0.1) is 4.90 Å². The zero-order chi connectivity index (χ0) is 13.8. The van der Waals surface area contributed by atoms with Gasteiger partial charge in [0, 0.05) is 20.3 Å². The van der Waals surface area contributed by atoms with Gasteiger partial charge in [0.15, 0.2) is 4.91 Å². The van der Waals surface area contributed by atoms with Crippen LogP contribution in [-0.4, -0.2) is 27.4 Å². The van der Waals surface area contributed by atoms with Gasteiger partial charge >= 0.3 is 0 Å². The Kier molecular flexibility index (Phi) is 4.51. The molecule has 0 aliphatic heterocycles. The summed E-state index contributed by atoms with van der Waals surface area (Å²) in [7, 11) is -0.366. The third-order valence-electron chi connectivity index (χ3n) is 2.42. The van der Waals surface area contributed by atoms with Crippen LogP contribution >= 0.6 is 0 Å². The molecule has 18 heavy (non-hydrogen) atoms. The predicted molar refractivity (Wildman–Crippen MR) is 70.4 cm³/mol. The first-order valence-electron chi connectivity index (χ1n) is 5.54. The molecule has 0 spiro atoms. The standard InChI is InChI=1S/C13H16N2O2S/c1-4-11-5-7-12(8-6-11)18(16,17)13(9-14)10-15(2)3/h5-8,10H,4H2,1-3H3. The molecule has 0 fully saturated rings. The monoisotopic (exact) mass is 264 g/mol. The minimum atomic E-state index is -3.71. The van der Waals surface area contributed by atoms with E-state index in [9.17, 15) is 8.42 Å². The molecule has 0 N–H and O–H groups in total. The van der Waals surface area contributed by atoms with Crippen LogP contribution in [0.4, 0.5) is 0 Å². The number of hydrogen-bond donors (Lipinski definition) is 0. The first kappa shape index (κ1) is 14.3. The molecular weight excluding hydrogens is 248 g/mol. The van der Waals surface area contributed by atoms with Gasteiger partial charge in [0.25, 0.3) is 0 Å². The summed E-state index contributed by atoms with van der Waals surface area (Å²) >= 11 is 0. The molecule has 0 atom stereocenters. The lowest BCUT2D eigenvalue weighted by atomic mass is 10.2. The highest BCUT2D eigenvalue weighted by molar-refractivity contribution is 7.95. The highest BCUT2D eigenvalue weighted by atomic mass is 32.2. The maximum absolute atomic E-state index is 12.2. The lowest BCUT2D eigenvalue weighted by molar-refractivity contribution is 0.559. The Morgan fingerprint density at radius 3 is 2.28 bits per heavy atom. The van der Waals surface area contributed by atoms with Crippen LogP contribution in [-0.2, 0) is 16.3 Å². The molecule has 0 unspecified atom stereocenters. The fourth-order valence-corrected chi connectivity index (χ4v) is 2.64. The Bertz CT molecular complexity index is 578. The van der Waals surface area contributed by atoms with Crippen molar-refractivity contribution in [1.82, 2.24) is 4.90 Å². The zero-order valence-electron chi connectivity index (χ0n) is 10.7. The maximum atomic E-state index is 12.2. The minimum absolute atomic E-state index is 0.148. The second-order valence-corrected chi connectivity index (χ2v) is 5.99. The molecule has 0 saturated carbocycles. The Labute approximate surface area is 108 Å². The summed E-state index contributed by atoms with van der Waals surface area (Å²) in [5, 5.41) is 8.95. The molecule has 96 valence electrons. The van der Waals surface area contributed by atoms with Crippen molar-refractivity contribution in [3.63, 3.8) is 0 Å². The molecule has 1 aromatic rings. The molecule has 0 saturated heterocycles. The van der Waals surface area contributed by atoms with E-state index in [-0.39, 0.29) is 9.80 Å². The van der Waals surface area contributed by atoms with E-state index in [0.29, 0.717) is 0 Å². The Balaban J connectivity index is 3.24. The smallest absolute Gasteiger partial charge is 0.218 e. The van der Waals surface area contributed by atoms with Gasteiger partial charge in [0.2, 0.25) is 9.84 Å². The lowest BCUT2D eigenvalue weighted by Gasteiger charge is -2.08. The van der Waals surface area contributed by atoms with E-state index in [2.05, 4.69) is 0 Å². The van der Waals surface area contributed by atoms with E-state index in [1.54, 1.807) is 32.3 Å². The number of rotatable bonds is 4. The Morgan fingerprint density at radius 1 is 1.33 bits per heavy atom. The van der Waals surface area contributed by atoms with Crippen molar-refractivity contribution < 1.29 is 8.42 Å². The van der Waals surface area contributed by atoms with Crippen LogP contribution in [0.15, 0.2) is 40.3 Å². The summed E-state index contributed by atoms with van der Waals surface area (Å²) in [6.07, 6.45) is 2.15. The molecule has 0 aliphatic rings. The van der Waals surface area contributed by atoms with Crippen LogP contribution in [0.3, 0.4) is 0 Å². The fourth-order valence-electron chi connectivity index (χ4n) is 1.42. The van der Waals surface area contributed by atoms with E-state index in [4.69, 9.17) is 5.26 Å². The van der Waals surface area contributed by atoms with Crippen molar-refractivity contribution in [3.8, 4) is 6.07 Å². The Hall–Kier alpha value is -1.80. The number of nitrogens with zero attached hydrogens (tertiary/aromatic N) is 2. The van der Waals surface area contributed by atoms with Crippen molar-refractivity contribution >= 4 is 9.84 Å². The molecule has 4 nitrogen and oxygen atoms in total. The number of benzene rings is 1. The van der Waals surface area contributed by atoms with Gasteiger partial charge in [0.1, 0.15) is 6.07 Å². The van der Waals surface area contributed by atoms with E-state index in [0.717, 1.165) is 12.0 Å². The molecule has 0 aromatic heterocycles. The normalized spacial score (nSPS) is 12.0. The van der Waals surface area contributed by atoms with Crippen molar-refractivity contribution in [2.45, 2.75) is 18.2 Å². The van der Waals surface area contributed by atoms with Gasteiger partial charge in [-0.3, -0.25) is 0 Å². The largest absolute Gasteiger partial charge is 0.382 e. The molecular formula is C13H16N2O2S. The van der Waals surface area contributed by atoms with Gasteiger partial charge in [-0.2, -0.15) is 5.26 Å². The number of sulfone groups is 1. The molecule has 0 radical (unpaired) electrons. The third kappa shape index (κ3) is 3.11. The quantitative estimate of drug-likeness (QED) is 0.780. The number of nitriles is 1. The van der Waals surface area contributed by atoms with Gasteiger partial charge in [-0.1, -0.05) is 19.1 Å². The van der Waals surface area contributed by atoms with Crippen LogP contribution in [0.5, 0.6) is 0 Å². The predicted octanol–water partition coefficient (Wildman–Crippen LogP) is 1.95. The van der Waals surface area contributed by atoms with E-state index in [1.807, 2.05) is 6.92 Å². The summed E-state index contributed by atoms with van der Waals surface area (Å²) in [6, 6.07) is 8.33. The van der Waals surface area contributed by atoms with E-state index in [1.165, 1.54) is 23.2 Å². The molecule has 1 aromatic carbocycles. The SMILES string of the molecule is CCc1ccc(S(=O)(=O)C(C#N)=CN(C)C)cc1. The molecule has 0 amide bonds. The summed E-state index contributed by atoms with van der Waals surface area (Å²) in [5.74, 6) is 0. The number of hydrogen-bond acceptors (Lipinski definition) is 4. The first-order valence-corrected chi connectivity index (χ1v) is 7.02. The van der Waals surface area contributed by atoms with Gasteiger partial charge < -0.3 is 4.90 Å². The Morgan fingerprint density at radius 2 is 1.89 bits per heavy atom. The maximum Gasteiger partial charge on any atom is 0.218 e. The molecule has 0 heterocycles. The average Bonchev–Trinajstić information content (AvgIpc) is 2.35. The van der Waals surface area contributed by atoms with Crippen molar-refractivity contribution in [2.24, 2.45) is 0 Å². The van der Waals surface area contributed by atoms with Crippen LogP contribution in [0.25, 0.3) is 0 Å². The molecule has 0 bridgehead atoms. The minimum Gasteiger partial charge on any atom is -0.382 e. The molecule has 1 rings (SSSR count). The molecule has 5 heteroatoms. The second kappa shape index (κ2) is 5.69. The van der Waals surface area contributed by atoms with E-state index < -0.39 is 9.84 Å². The first-order chi connectivity index (χ1) is 8.41. The summed E-state index contributed by atoms with van der Waals surface area (Å²) in [4.78, 5) is 1.43. The van der Waals surface area contributed by atoms with Crippen LogP contribution in [0.2, 0.25) is 0 Å². The number of allylic oxidation sites excluding steroid dienone is 1. The van der Waals surface area contributed by atoms with Gasteiger partial charge in [-0.15, -0.1) is 0 Å². The highest BCUT2D eigenvalue weighted by Crippen LogP contribution is 2.19. The topological polar surface area (TPSA) is 61.2 Å². The molecule has 0 aliphatic carbocycles. The van der Waals surface area contributed by atoms with Crippen LogP contribution < -0.4 is 0 Å². The summed E-state index contributed by atoms with van der Waals surface area (Å²) in [6.45, 7) is 2.00. The zero-order valence-corrected chi connectivity index (χ0v) is 11.5. The van der Waals surface area contributed by atoms with Crippen LogP contribution in [0.1, 0.15) is 12.5 Å². The lowest BCUT2D eigenvalue weighted by Crippen LogP contribution is -2.09. The van der Waals surface area contributed by atoms with Crippen molar-refractivity contribution in [1.29, 1.82) is 5.26 Å².